The molecule has 1 aromatic rings. The predicted octanol–water partition coefficient (Wildman–Crippen LogP) is 4.07. The van der Waals surface area contributed by atoms with E-state index in [9.17, 15) is 0 Å². The maximum absolute atomic E-state index is 5.51. The van der Waals surface area contributed by atoms with E-state index in [-0.39, 0.29) is 0 Å². The minimum Gasteiger partial charge on any atom is -0.338 e. The molecular weight excluding hydrogens is 268 g/mol. The van der Waals surface area contributed by atoms with Crippen LogP contribution in [0.5, 0.6) is 0 Å². The molecule has 0 bridgehead atoms. The molecule has 0 aliphatic heterocycles. The quantitative estimate of drug-likeness (QED) is 0.832. The highest BCUT2D eigenvalue weighted by Crippen LogP contribution is 2.36. The van der Waals surface area contributed by atoms with Gasteiger partial charge < -0.3 is 4.90 Å². The highest BCUT2D eigenvalue weighted by Gasteiger charge is 2.33. The summed E-state index contributed by atoms with van der Waals surface area (Å²) in [5, 5.41) is 7.62. The van der Waals surface area contributed by atoms with Gasteiger partial charge in [-0.3, -0.25) is 4.57 Å². The van der Waals surface area contributed by atoms with E-state index in [4.69, 9.17) is 12.2 Å². The lowest BCUT2D eigenvalue weighted by Gasteiger charge is -2.30. The number of nitrogens with zero attached hydrogens (tertiary/aromatic N) is 3. The lowest BCUT2D eigenvalue weighted by Crippen LogP contribution is -2.33. The molecule has 2 aliphatic rings. The van der Waals surface area contributed by atoms with Crippen LogP contribution in [0.2, 0.25) is 0 Å². The van der Waals surface area contributed by atoms with Crippen LogP contribution in [0.3, 0.4) is 0 Å². The fourth-order valence-electron chi connectivity index (χ4n) is 3.34. The Morgan fingerprint density at radius 2 is 1.95 bits per heavy atom. The third-order valence-electron chi connectivity index (χ3n) is 4.43. The van der Waals surface area contributed by atoms with E-state index >= 15 is 0 Å². The normalized spacial score (nSPS) is 20.6. The Morgan fingerprint density at radius 3 is 2.55 bits per heavy atom. The average Bonchev–Trinajstić information content (AvgIpc) is 3.20. The van der Waals surface area contributed by atoms with Crippen molar-refractivity contribution in [1.82, 2.24) is 14.8 Å². The highest BCUT2D eigenvalue weighted by molar-refractivity contribution is 7.71. The second-order valence-corrected chi connectivity index (χ2v) is 7.15. The molecule has 2 aliphatic carbocycles. The lowest BCUT2D eigenvalue weighted by atomic mass is 9.95. The predicted molar refractivity (Wildman–Crippen MR) is 84.7 cm³/mol. The smallest absolute Gasteiger partial charge is 0.226 e. The van der Waals surface area contributed by atoms with Crippen LogP contribution < -0.4 is 4.90 Å². The summed E-state index contributed by atoms with van der Waals surface area (Å²) in [4.78, 5) is 2.49. The van der Waals surface area contributed by atoms with E-state index in [1.807, 2.05) is 0 Å². The Balaban J connectivity index is 1.89. The van der Waals surface area contributed by atoms with Gasteiger partial charge in [0.2, 0.25) is 5.95 Å². The van der Waals surface area contributed by atoms with Gasteiger partial charge in [0.15, 0.2) is 4.77 Å². The van der Waals surface area contributed by atoms with Crippen LogP contribution >= 0.6 is 12.2 Å². The molecule has 4 nitrogen and oxygen atoms in total. The van der Waals surface area contributed by atoms with Crippen LogP contribution in [-0.2, 0) is 0 Å². The summed E-state index contributed by atoms with van der Waals surface area (Å²) < 4.78 is 3.12. The Labute approximate surface area is 126 Å². The van der Waals surface area contributed by atoms with Gasteiger partial charge in [0.05, 0.1) is 0 Å². The van der Waals surface area contributed by atoms with Crippen molar-refractivity contribution in [3.8, 4) is 0 Å². The molecule has 0 unspecified atom stereocenters. The van der Waals surface area contributed by atoms with Gasteiger partial charge in [0.1, 0.15) is 0 Å². The molecule has 3 rings (SSSR count). The van der Waals surface area contributed by atoms with Crippen molar-refractivity contribution < 1.29 is 0 Å². The van der Waals surface area contributed by atoms with E-state index in [1.165, 1.54) is 44.9 Å². The first-order valence-electron chi connectivity index (χ1n) is 8.10. The fourth-order valence-corrected chi connectivity index (χ4v) is 3.62. The zero-order chi connectivity index (χ0) is 14.1. The van der Waals surface area contributed by atoms with Crippen molar-refractivity contribution in [3.05, 3.63) is 4.77 Å². The average molecular weight is 294 g/mol. The first-order chi connectivity index (χ1) is 9.66. The van der Waals surface area contributed by atoms with Gasteiger partial charge in [-0.2, -0.15) is 0 Å². The molecule has 20 heavy (non-hydrogen) atoms. The molecule has 0 amide bonds. The number of rotatable bonds is 5. The number of anilines is 1. The second-order valence-electron chi connectivity index (χ2n) is 6.77. The van der Waals surface area contributed by atoms with Gasteiger partial charge in [-0.15, -0.1) is 5.10 Å². The molecule has 1 aromatic heterocycles. The van der Waals surface area contributed by atoms with Crippen LogP contribution in [-0.4, -0.2) is 27.4 Å². The minimum atomic E-state index is 0.554. The van der Waals surface area contributed by atoms with Crippen molar-refractivity contribution in [2.24, 2.45) is 5.92 Å². The molecule has 2 saturated carbocycles. The topological polar surface area (TPSA) is 36.9 Å². The van der Waals surface area contributed by atoms with Crippen LogP contribution in [0, 0.1) is 10.7 Å². The first kappa shape index (κ1) is 14.1. The molecule has 1 N–H and O–H groups in total. The van der Waals surface area contributed by atoms with Crippen LogP contribution in [0.4, 0.5) is 5.95 Å². The Morgan fingerprint density at radius 1 is 1.25 bits per heavy atom. The molecule has 5 heteroatoms. The SMILES string of the molecule is CC(C)CN(c1n[nH]c(=S)n1C1CCCCC1)C1CC1. The van der Waals surface area contributed by atoms with E-state index in [0.29, 0.717) is 18.0 Å². The van der Waals surface area contributed by atoms with Crippen LogP contribution in [0.25, 0.3) is 0 Å². The van der Waals surface area contributed by atoms with Gasteiger partial charge in [-0.25, -0.2) is 5.10 Å². The van der Waals surface area contributed by atoms with E-state index in [1.54, 1.807) is 0 Å². The molecule has 0 spiro atoms. The fraction of sp³-hybridized carbons (Fsp3) is 0.867. The summed E-state index contributed by atoms with van der Waals surface area (Å²) in [6.45, 7) is 5.64. The van der Waals surface area contributed by atoms with E-state index in [0.717, 1.165) is 17.3 Å². The van der Waals surface area contributed by atoms with Crippen LogP contribution in [0.1, 0.15) is 64.8 Å². The monoisotopic (exact) mass is 294 g/mol. The van der Waals surface area contributed by atoms with Gasteiger partial charge in [0.25, 0.3) is 0 Å². The molecule has 0 saturated heterocycles. The van der Waals surface area contributed by atoms with Crippen molar-refractivity contribution in [3.63, 3.8) is 0 Å². The summed E-state index contributed by atoms with van der Waals surface area (Å²) in [5.41, 5.74) is 0. The third-order valence-corrected chi connectivity index (χ3v) is 4.72. The van der Waals surface area contributed by atoms with E-state index in [2.05, 4.69) is 33.5 Å². The Bertz CT molecular complexity index is 494. The third kappa shape index (κ3) is 2.92. The number of hydrogen-bond donors (Lipinski definition) is 1. The molecular formula is C15H26N4S. The standard InChI is InChI=1S/C15H26N4S/c1-11(2)10-18(12-8-9-12)14-16-17-15(20)19(14)13-6-4-3-5-7-13/h11-13H,3-10H2,1-2H3,(H,17,20). The molecule has 1 heterocycles. The van der Waals surface area contributed by atoms with Crippen LogP contribution in [0.15, 0.2) is 0 Å². The number of H-pyrrole nitrogens is 1. The van der Waals surface area contributed by atoms with Gasteiger partial charge >= 0.3 is 0 Å². The second kappa shape index (κ2) is 5.88. The number of nitrogens with one attached hydrogen (secondary N) is 1. The number of aromatic nitrogens is 3. The largest absolute Gasteiger partial charge is 0.338 e. The zero-order valence-corrected chi connectivity index (χ0v) is 13.5. The Kier molecular flexibility index (Phi) is 4.15. The minimum absolute atomic E-state index is 0.554. The summed E-state index contributed by atoms with van der Waals surface area (Å²) >= 11 is 5.51. The van der Waals surface area contributed by atoms with Crippen molar-refractivity contribution in [1.29, 1.82) is 0 Å². The van der Waals surface area contributed by atoms with Crippen molar-refractivity contribution >= 4 is 18.2 Å². The number of aromatic amines is 1. The van der Waals surface area contributed by atoms with Gasteiger partial charge in [0, 0.05) is 18.6 Å². The highest BCUT2D eigenvalue weighted by atomic mass is 32.1. The molecule has 0 aromatic carbocycles. The summed E-state index contributed by atoms with van der Waals surface area (Å²) in [6.07, 6.45) is 9.13. The summed E-state index contributed by atoms with van der Waals surface area (Å²) in [6, 6.07) is 1.24. The summed E-state index contributed by atoms with van der Waals surface area (Å²) in [5.74, 6) is 1.75. The molecule has 112 valence electrons. The zero-order valence-electron chi connectivity index (χ0n) is 12.6. The number of hydrogen-bond acceptors (Lipinski definition) is 3. The van der Waals surface area contributed by atoms with Crippen molar-refractivity contribution in [2.75, 3.05) is 11.4 Å². The maximum atomic E-state index is 5.51. The maximum Gasteiger partial charge on any atom is 0.226 e. The Hall–Kier alpha value is -0.840. The van der Waals surface area contributed by atoms with Crippen molar-refractivity contribution in [2.45, 2.75) is 70.9 Å². The summed E-state index contributed by atoms with van der Waals surface area (Å²) in [7, 11) is 0. The lowest BCUT2D eigenvalue weighted by molar-refractivity contribution is 0.349. The molecule has 0 radical (unpaired) electrons. The first-order valence-corrected chi connectivity index (χ1v) is 8.51. The van der Waals surface area contributed by atoms with E-state index < -0.39 is 0 Å². The van der Waals surface area contributed by atoms with Gasteiger partial charge in [-0.05, 0) is 43.8 Å². The molecule has 2 fully saturated rings. The van der Waals surface area contributed by atoms with Gasteiger partial charge in [-0.1, -0.05) is 33.1 Å². The molecule has 0 atom stereocenters.